The summed E-state index contributed by atoms with van der Waals surface area (Å²) in [5.41, 5.74) is 0.977. The van der Waals surface area contributed by atoms with E-state index < -0.39 is 29.9 Å². The number of nitrogens with one attached hydrogen (secondary N) is 2. The van der Waals surface area contributed by atoms with Crippen molar-refractivity contribution in [1.29, 1.82) is 0 Å². The van der Waals surface area contributed by atoms with Crippen molar-refractivity contribution >= 4 is 35.1 Å². The Morgan fingerprint density at radius 1 is 1.00 bits per heavy atom. The third-order valence-corrected chi connectivity index (χ3v) is 5.98. The molecular formula is C26H24ClN3O4. The molecule has 4 amide bonds. The van der Waals surface area contributed by atoms with E-state index in [0.717, 1.165) is 10.5 Å². The molecule has 2 N–H and O–H groups in total. The summed E-state index contributed by atoms with van der Waals surface area (Å²) in [7, 11) is 0. The molecular weight excluding hydrogens is 454 g/mol. The number of urea groups is 1. The van der Waals surface area contributed by atoms with Crippen LogP contribution in [0.3, 0.4) is 0 Å². The predicted octanol–water partition coefficient (Wildman–Crippen LogP) is 4.71. The number of benzene rings is 3. The maximum Gasteiger partial charge on any atom is 0.325 e. The van der Waals surface area contributed by atoms with Gasteiger partial charge >= 0.3 is 6.03 Å². The Balaban J connectivity index is 1.37. The molecule has 8 heteroatoms. The van der Waals surface area contributed by atoms with Gasteiger partial charge in [-0.3, -0.25) is 14.5 Å². The van der Waals surface area contributed by atoms with Crippen LogP contribution in [-0.4, -0.2) is 29.3 Å². The average Bonchev–Trinajstić information content (AvgIpc) is 3.10. The van der Waals surface area contributed by atoms with Gasteiger partial charge in [-0.25, -0.2) is 4.79 Å². The molecule has 7 nitrogen and oxygen atoms in total. The van der Waals surface area contributed by atoms with Crippen molar-refractivity contribution in [2.75, 3.05) is 11.9 Å². The lowest BCUT2D eigenvalue weighted by atomic mass is 9.87. The topological polar surface area (TPSA) is 87.7 Å². The fourth-order valence-electron chi connectivity index (χ4n) is 3.86. The van der Waals surface area contributed by atoms with Gasteiger partial charge in [0.05, 0.1) is 0 Å². The van der Waals surface area contributed by atoms with E-state index in [0.29, 0.717) is 35.1 Å². The van der Waals surface area contributed by atoms with Crippen molar-refractivity contribution < 1.29 is 19.1 Å². The SMILES string of the molecule is CCC1(c2ccc(Cl)cc2)NC(=O)N(CC(=O)Nc2ccc(OCc3ccccc3)cc2)C1=O. The van der Waals surface area contributed by atoms with Gasteiger partial charge in [-0.15, -0.1) is 0 Å². The lowest BCUT2D eigenvalue weighted by molar-refractivity contribution is -0.134. The number of nitrogens with zero attached hydrogens (tertiary/aromatic N) is 1. The Morgan fingerprint density at radius 3 is 2.32 bits per heavy atom. The summed E-state index contributed by atoms with van der Waals surface area (Å²) in [4.78, 5) is 39.3. The Kier molecular flexibility index (Phi) is 6.84. The molecule has 1 fully saturated rings. The molecule has 0 aromatic heterocycles. The Hall–Kier alpha value is -3.84. The molecule has 1 unspecified atom stereocenters. The van der Waals surface area contributed by atoms with E-state index in [1.807, 2.05) is 30.3 Å². The highest BCUT2D eigenvalue weighted by Gasteiger charge is 2.51. The summed E-state index contributed by atoms with van der Waals surface area (Å²) in [6, 6.07) is 22.8. The third kappa shape index (κ3) is 4.89. The number of hydrogen-bond acceptors (Lipinski definition) is 4. The van der Waals surface area contributed by atoms with Crippen LogP contribution in [0.4, 0.5) is 10.5 Å². The van der Waals surface area contributed by atoms with Crippen LogP contribution in [0.5, 0.6) is 5.75 Å². The minimum atomic E-state index is -1.22. The molecule has 3 aromatic rings. The lowest BCUT2D eigenvalue weighted by Crippen LogP contribution is -2.44. The highest BCUT2D eigenvalue weighted by atomic mass is 35.5. The summed E-state index contributed by atoms with van der Waals surface area (Å²) >= 11 is 5.96. The molecule has 174 valence electrons. The number of carbonyl (C=O) groups excluding carboxylic acids is 3. The second-order valence-electron chi connectivity index (χ2n) is 7.93. The van der Waals surface area contributed by atoms with E-state index in [-0.39, 0.29) is 0 Å². The molecule has 3 aromatic carbocycles. The monoisotopic (exact) mass is 477 g/mol. The first-order valence-corrected chi connectivity index (χ1v) is 11.3. The zero-order valence-corrected chi connectivity index (χ0v) is 19.3. The van der Waals surface area contributed by atoms with Crippen LogP contribution in [0.25, 0.3) is 0 Å². The van der Waals surface area contributed by atoms with Crippen LogP contribution < -0.4 is 15.4 Å². The van der Waals surface area contributed by atoms with E-state index >= 15 is 0 Å². The molecule has 0 bridgehead atoms. The van der Waals surface area contributed by atoms with E-state index in [1.54, 1.807) is 55.5 Å². The van der Waals surface area contributed by atoms with Gasteiger partial charge in [0.25, 0.3) is 5.91 Å². The van der Waals surface area contributed by atoms with Gasteiger partial charge in [0.2, 0.25) is 5.91 Å². The number of imide groups is 1. The first-order valence-electron chi connectivity index (χ1n) is 10.9. The quantitative estimate of drug-likeness (QED) is 0.460. The minimum absolute atomic E-state index is 0.335. The number of amides is 4. The van der Waals surface area contributed by atoms with Gasteiger partial charge in [0.1, 0.15) is 24.4 Å². The Labute approximate surface area is 202 Å². The molecule has 4 rings (SSSR count). The zero-order chi connectivity index (χ0) is 24.1. The molecule has 0 spiro atoms. The van der Waals surface area contributed by atoms with Crippen molar-refractivity contribution in [2.24, 2.45) is 0 Å². The van der Waals surface area contributed by atoms with Crippen molar-refractivity contribution in [3.8, 4) is 5.75 Å². The highest BCUT2D eigenvalue weighted by Crippen LogP contribution is 2.33. The van der Waals surface area contributed by atoms with Gasteiger partial charge in [-0.2, -0.15) is 0 Å². The predicted molar refractivity (Wildman–Crippen MR) is 130 cm³/mol. The van der Waals surface area contributed by atoms with Crippen LogP contribution in [0.1, 0.15) is 24.5 Å². The lowest BCUT2D eigenvalue weighted by Gasteiger charge is -2.25. The van der Waals surface area contributed by atoms with Crippen molar-refractivity contribution in [3.63, 3.8) is 0 Å². The minimum Gasteiger partial charge on any atom is -0.489 e. The maximum absolute atomic E-state index is 13.2. The van der Waals surface area contributed by atoms with Crippen LogP contribution in [0, 0.1) is 0 Å². The molecule has 0 saturated carbocycles. The average molecular weight is 478 g/mol. The van der Waals surface area contributed by atoms with Crippen LogP contribution >= 0.6 is 11.6 Å². The molecule has 0 radical (unpaired) electrons. The van der Waals surface area contributed by atoms with Gasteiger partial charge in [-0.05, 0) is 53.9 Å². The number of hydrogen-bond donors (Lipinski definition) is 2. The second kappa shape index (κ2) is 9.97. The molecule has 1 heterocycles. The summed E-state index contributed by atoms with van der Waals surface area (Å²) in [6.07, 6.45) is 0.335. The van der Waals surface area contributed by atoms with Gasteiger partial charge in [0.15, 0.2) is 0 Å². The van der Waals surface area contributed by atoms with Crippen LogP contribution in [0.2, 0.25) is 5.02 Å². The maximum atomic E-state index is 13.2. The number of halogens is 1. The first kappa shape index (κ1) is 23.3. The fourth-order valence-corrected chi connectivity index (χ4v) is 3.99. The third-order valence-electron chi connectivity index (χ3n) is 5.73. The fraction of sp³-hybridized carbons (Fsp3) is 0.192. The summed E-state index contributed by atoms with van der Waals surface area (Å²) in [6.45, 7) is 1.84. The van der Waals surface area contributed by atoms with E-state index in [1.165, 1.54) is 0 Å². The summed E-state index contributed by atoms with van der Waals surface area (Å²) < 4.78 is 5.75. The van der Waals surface area contributed by atoms with Crippen LogP contribution in [0.15, 0.2) is 78.9 Å². The second-order valence-corrected chi connectivity index (χ2v) is 8.37. The van der Waals surface area contributed by atoms with Crippen molar-refractivity contribution in [1.82, 2.24) is 10.2 Å². The van der Waals surface area contributed by atoms with E-state index in [4.69, 9.17) is 16.3 Å². The molecule has 1 aliphatic rings. The summed E-state index contributed by atoms with van der Waals surface area (Å²) in [5, 5.41) is 6.00. The van der Waals surface area contributed by atoms with Gasteiger partial charge in [-0.1, -0.05) is 61.0 Å². The van der Waals surface area contributed by atoms with Gasteiger partial charge in [0, 0.05) is 10.7 Å². The Morgan fingerprint density at radius 2 is 1.68 bits per heavy atom. The normalized spacial score (nSPS) is 17.4. The Bertz CT molecular complexity index is 1180. The van der Waals surface area contributed by atoms with Gasteiger partial charge < -0.3 is 15.4 Å². The van der Waals surface area contributed by atoms with Crippen molar-refractivity contribution in [2.45, 2.75) is 25.5 Å². The van der Waals surface area contributed by atoms with Crippen LogP contribution in [-0.2, 0) is 21.7 Å². The number of rotatable bonds is 8. The largest absolute Gasteiger partial charge is 0.489 e. The van der Waals surface area contributed by atoms with Crippen molar-refractivity contribution in [3.05, 3.63) is 95.0 Å². The molecule has 1 atom stereocenters. The highest BCUT2D eigenvalue weighted by molar-refractivity contribution is 6.30. The summed E-state index contributed by atoms with van der Waals surface area (Å²) in [5.74, 6) is -0.293. The van der Waals surface area contributed by atoms with E-state index in [9.17, 15) is 14.4 Å². The smallest absolute Gasteiger partial charge is 0.325 e. The van der Waals surface area contributed by atoms with E-state index in [2.05, 4.69) is 10.6 Å². The standard InChI is InChI=1S/C26H24ClN3O4/c1-2-26(19-8-10-20(27)11-9-19)24(32)30(25(33)29-26)16-23(31)28-21-12-14-22(15-13-21)34-17-18-6-4-3-5-7-18/h3-15H,2,16-17H2,1H3,(H,28,31)(H,29,33). The molecule has 1 saturated heterocycles. The zero-order valence-electron chi connectivity index (χ0n) is 18.6. The number of carbonyl (C=O) groups is 3. The molecule has 1 aliphatic heterocycles. The number of ether oxygens (including phenoxy) is 1. The number of anilines is 1. The first-order chi connectivity index (χ1) is 16.4. The molecule has 0 aliphatic carbocycles. The molecule has 34 heavy (non-hydrogen) atoms.